The van der Waals surface area contributed by atoms with Crippen LogP contribution in [0.4, 0.5) is 22.0 Å². The molecule has 12 heteroatoms. The molecule has 2 aliphatic heterocycles. The molecule has 1 aromatic carbocycles. The summed E-state index contributed by atoms with van der Waals surface area (Å²) in [5, 5.41) is 2.96. The first-order chi connectivity index (χ1) is 14.7. The van der Waals surface area contributed by atoms with E-state index >= 15 is 0 Å². The van der Waals surface area contributed by atoms with Crippen molar-refractivity contribution < 1.29 is 41.0 Å². The Labute approximate surface area is 180 Å². The third-order valence-electron chi connectivity index (χ3n) is 5.28. The summed E-state index contributed by atoms with van der Waals surface area (Å²) in [6, 6.07) is 3.61. The Bertz CT molecular complexity index is 1020. The van der Waals surface area contributed by atoms with Crippen LogP contribution in [-0.2, 0) is 21.2 Å². The molecule has 1 fully saturated rings. The highest BCUT2D eigenvalue weighted by Crippen LogP contribution is 2.51. The molecule has 3 heterocycles. The van der Waals surface area contributed by atoms with E-state index in [1.807, 2.05) is 0 Å². The maximum absolute atomic E-state index is 14.7. The molecule has 0 aliphatic carbocycles. The van der Waals surface area contributed by atoms with Gasteiger partial charge in [-0.25, -0.2) is 8.78 Å². The number of rotatable bonds is 4. The largest absolute Gasteiger partial charge is 0.489 e. The summed E-state index contributed by atoms with van der Waals surface area (Å²) >= 11 is 3.07. The zero-order chi connectivity index (χ0) is 22.4. The van der Waals surface area contributed by atoms with Crippen LogP contribution in [0.1, 0.15) is 22.7 Å². The van der Waals surface area contributed by atoms with Gasteiger partial charge in [0, 0.05) is 11.8 Å². The first kappa shape index (κ1) is 21.9. The number of fused-ring (bicyclic) bond motifs is 2. The lowest BCUT2D eigenvalue weighted by Gasteiger charge is -2.42. The van der Waals surface area contributed by atoms with Crippen LogP contribution in [0, 0.1) is 5.82 Å². The van der Waals surface area contributed by atoms with Crippen molar-refractivity contribution >= 4 is 22.2 Å². The van der Waals surface area contributed by atoms with Gasteiger partial charge in [0.05, 0.1) is 40.4 Å². The van der Waals surface area contributed by atoms with Gasteiger partial charge in [0.1, 0.15) is 5.75 Å². The number of hydrogen-bond donors (Lipinski definition) is 1. The predicted octanol–water partition coefficient (Wildman–Crippen LogP) is 3.82. The second-order valence-electron chi connectivity index (χ2n) is 6.94. The lowest BCUT2D eigenvalue weighted by atomic mass is 9.75. The van der Waals surface area contributed by atoms with Gasteiger partial charge in [-0.05, 0) is 28.1 Å². The molecule has 0 radical (unpaired) electrons. The number of halogens is 6. The second kappa shape index (κ2) is 7.99. The lowest BCUT2D eigenvalue weighted by molar-refractivity contribution is -0.138. The maximum Gasteiger partial charge on any atom is 0.418 e. The Morgan fingerprint density at radius 3 is 2.81 bits per heavy atom. The molecule has 0 bridgehead atoms. The summed E-state index contributed by atoms with van der Waals surface area (Å²) in [6.45, 7) is -1.78. The Hall–Kier alpha value is -2.31. The van der Waals surface area contributed by atoms with Crippen LogP contribution in [-0.4, -0.2) is 37.6 Å². The van der Waals surface area contributed by atoms with Gasteiger partial charge in [-0.3, -0.25) is 15.1 Å². The standard InChI is InChI=1S/C19H14BrF5N2O4/c20-12-2-1-10-17(15(12)22)29-6-11(18(10)7-30-14(5-28)27-18)16-13(31-8-21)3-9(4-26-16)19(23,24)25/h1-5,11,14,27H,6-8H2. The van der Waals surface area contributed by atoms with Crippen LogP contribution in [0.25, 0.3) is 0 Å². The molecule has 1 aromatic heterocycles. The normalized spacial score (nSPS) is 25.2. The maximum atomic E-state index is 14.7. The van der Waals surface area contributed by atoms with Crippen LogP contribution in [0.2, 0.25) is 0 Å². The fourth-order valence-corrected chi connectivity index (χ4v) is 4.18. The van der Waals surface area contributed by atoms with Crippen molar-refractivity contribution in [1.82, 2.24) is 10.3 Å². The molecule has 0 saturated carbocycles. The van der Waals surface area contributed by atoms with E-state index in [2.05, 4.69) is 26.2 Å². The number of carbonyl (C=O) groups is 1. The van der Waals surface area contributed by atoms with E-state index in [1.54, 1.807) is 0 Å². The zero-order valence-corrected chi connectivity index (χ0v) is 17.1. The van der Waals surface area contributed by atoms with Gasteiger partial charge >= 0.3 is 6.18 Å². The molecule has 2 aliphatic rings. The molecule has 0 amide bonds. The Kier molecular flexibility index (Phi) is 5.64. The number of alkyl halides is 4. The number of aromatic nitrogens is 1. The Morgan fingerprint density at radius 1 is 1.39 bits per heavy atom. The van der Waals surface area contributed by atoms with Crippen molar-refractivity contribution in [3.63, 3.8) is 0 Å². The Balaban J connectivity index is 1.88. The van der Waals surface area contributed by atoms with Gasteiger partial charge in [0.2, 0.25) is 6.86 Å². The number of aldehydes is 1. The van der Waals surface area contributed by atoms with Gasteiger partial charge in [0.15, 0.2) is 24.1 Å². The first-order valence-electron chi connectivity index (χ1n) is 8.93. The topological polar surface area (TPSA) is 69.7 Å². The molecule has 31 heavy (non-hydrogen) atoms. The molecule has 166 valence electrons. The summed E-state index contributed by atoms with van der Waals surface area (Å²) in [5.74, 6) is -2.13. The van der Waals surface area contributed by atoms with Gasteiger partial charge < -0.3 is 14.2 Å². The minimum atomic E-state index is -4.72. The highest BCUT2D eigenvalue weighted by Gasteiger charge is 2.54. The summed E-state index contributed by atoms with van der Waals surface area (Å²) in [5.41, 5.74) is -2.19. The fourth-order valence-electron chi connectivity index (χ4n) is 3.87. The van der Waals surface area contributed by atoms with Gasteiger partial charge in [-0.15, -0.1) is 0 Å². The van der Waals surface area contributed by atoms with Gasteiger partial charge in [-0.2, -0.15) is 13.2 Å². The molecule has 1 N–H and O–H groups in total. The van der Waals surface area contributed by atoms with E-state index in [0.717, 1.165) is 0 Å². The molecule has 4 rings (SSSR count). The Morgan fingerprint density at radius 2 is 2.16 bits per heavy atom. The van der Waals surface area contributed by atoms with Crippen molar-refractivity contribution in [2.75, 3.05) is 20.1 Å². The molecule has 1 spiro atoms. The van der Waals surface area contributed by atoms with Gasteiger partial charge in [-0.1, -0.05) is 6.07 Å². The number of ether oxygens (including phenoxy) is 3. The molecular formula is C19H14BrF5N2O4. The quantitative estimate of drug-likeness (QED) is 0.500. The smallest absolute Gasteiger partial charge is 0.418 e. The summed E-state index contributed by atoms with van der Waals surface area (Å²) in [4.78, 5) is 15.2. The summed E-state index contributed by atoms with van der Waals surface area (Å²) < 4.78 is 83.0. The van der Waals surface area contributed by atoms with Crippen LogP contribution >= 0.6 is 15.9 Å². The van der Waals surface area contributed by atoms with Crippen molar-refractivity contribution in [2.24, 2.45) is 0 Å². The fraction of sp³-hybridized carbons (Fsp3) is 0.368. The lowest BCUT2D eigenvalue weighted by Crippen LogP contribution is -2.52. The van der Waals surface area contributed by atoms with Crippen LogP contribution < -0.4 is 14.8 Å². The van der Waals surface area contributed by atoms with Crippen LogP contribution in [0.3, 0.4) is 0 Å². The minimum Gasteiger partial charge on any atom is -0.489 e. The van der Waals surface area contributed by atoms with Crippen molar-refractivity contribution in [3.05, 3.63) is 51.5 Å². The number of benzene rings is 1. The molecule has 3 unspecified atom stereocenters. The van der Waals surface area contributed by atoms with E-state index in [0.29, 0.717) is 18.5 Å². The number of nitrogens with one attached hydrogen (secondary N) is 1. The van der Waals surface area contributed by atoms with Crippen LogP contribution in [0.15, 0.2) is 28.9 Å². The first-order valence-corrected chi connectivity index (χ1v) is 9.72. The molecular weight excluding hydrogens is 495 g/mol. The van der Waals surface area contributed by atoms with E-state index in [-0.39, 0.29) is 34.7 Å². The van der Waals surface area contributed by atoms with Crippen molar-refractivity contribution in [3.8, 4) is 11.5 Å². The van der Waals surface area contributed by atoms with Crippen molar-refractivity contribution in [2.45, 2.75) is 23.9 Å². The third kappa shape index (κ3) is 3.66. The van der Waals surface area contributed by atoms with E-state index < -0.39 is 47.9 Å². The zero-order valence-electron chi connectivity index (χ0n) is 15.5. The van der Waals surface area contributed by atoms with Crippen LogP contribution in [0.5, 0.6) is 11.5 Å². The van der Waals surface area contributed by atoms with E-state index in [4.69, 9.17) is 14.2 Å². The van der Waals surface area contributed by atoms with E-state index in [9.17, 15) is 26.7 Å². The average molecular weight is 509 g/mol. The number of nitrogens with zero attached hydrogens (tertiary/aromatic N) is 1. The minimum absolute atomic E-state index is 0.0534. The predicted molar refractivity (Wildman–Crippen MR) is 98.8 cm³/mol. The third-order valence-corrected chi connectivity index (χ3v) is 5.90. The van der Waals surface area contributed by atoms with Crippen molar-refractivity contribution in [1.29, 1.82) is 0 Å². The second-order valence-corrected chi connectivity index (χ2v) is 7.80. The number of carbonyl (C=O) groups excluding carboxylic acids is 1. The highest BCUT2D eigenvalue weighted by atomic mass is 79.9. The highest BCUT2D eigenvalue weighted by molar-refractivity contribution is 9.10. The molecule has 1 saturated heterocycles. The molecule has 2 aromatic rings. The van der Waals surface area contributed by atoms with E-state index in [1.165, 1.54) is 12.1 Å². The number of pyridine rings is 1. The monoisotopic (exact) mass is 508 g/mol. The summed E-state index contributed by atoms with van der Waals surface area (Å²) in [6.07, 6.45) is -4.69. The summed E-state index contributed by atoms with van der Waals surface area (Å²) in [7, 11) is 0. The SMILES string of the molecule is O=CC1NC2(CO1)c1ccc(Br)c(F)c1OCC2c1ncc(C(F)(F)F)cc1OCF. The molecule has 3 atom stereocenters. The average Bonchev–Trinajstić information content (AvgIpc) is 3.16. The van der Waals surface area contributed by atoms with Gasteiger partial charge in [0.25, 0.3) is 0 Å². The molecule has 6 nitrogen and oxygen atoms in total. The number of hydrogen-bond acceptors (Lipinski definition) is 6.